The van der Waals surface area contributed by atoms with Crippen LogP contribution in [0.2, 0.25) is 0 Å². The number of nitrogens with zero attached hydrogens (tertiary/aromatic N) is 3. The van der Waals surface area contributed by atoms with Crippen molar-refractivity contribution in [2.75, 3.05) is 13.2 Å². The van der Waals surface area contributed by atoms with Gasteiger partial charge in [0.2, 0.25) is 0 Å². The van der Waals surface area contributed by atoms with Crippen molar-refractivity contribution in [3.8, 4) is 5.75 Å². The second kappa shape index (κ2) is 5.39. The molecule has 5 heteroatoms. The molecule has 0 saturated carbocycles. The monoisotopic (exact) mass is 219 g/mol. The van der Waals surface area contributed by atoms with Gasteiger partial charge < -0.3 is 9.47 Å². The molecule has 0 aromatic heterocycles. The lowest BCUT2D eigenvalue weighted by Gasteiger charge is -2.23. The van der Waals surface area contributed by atoms with Crippen LogP contribution < -0.4 is 4.74 Å². The Labute approximate surface area is 93.6 Å². The fourth-order valence-electron chi connectivity index (χ4n) is 1.63. The smallest absolute Gasteiger partial charge is 0.119 e. The van der Waals surface area contributed by atoms with Crippen LogP contribution in [0.15, 0.2) is 29.4 Å². The van der Waals surface area contributed by atoms with E-state index in [1.807, 2.05) is 12.1 Å². The Morgan fingerprint density at radius 1 is 1.25 bits per heavy atom. The maximum atomic E-state index is 8.26. The van der Waals surface area contributed by atoms with Gasteiger partial charge >= 0.3 is 0 Å². The number of azide groups is 1. The molecular weight excluding hydrogens is 206 g/mol. The number of ether oxygens (including phenoxy) is 2. The lowest BCUT2D eigenvalue weighted by Crippen LogP contribution is -2.25. The minimum Gasteiger partial charge on any atom is -0.490 e. The number of benzene rings is 1. The van der Waals surface area contributed by atoms with Gasteiger partial charge in [0.05, 0.1) is 13.2 Å². The zero-order chi connectivity index (χ0) is 11.2. The highest BCUT2D eigenvalue weighted by Gasteiger charge is 2.14. The fourth-order valence-corrected chi connectivity index (χ4v) is 1.63. The van der Waals surface area contributed by atoms with Gasteiger partial charge in [0.15, 0.2) is 0 Å². The van der Waals surface area contributed by atoms with Gasteiger partial charge in [-0.1, -0.05) is 5.11 Å². The molecule has 0 amide bonds. The molecular formula is C11H13N3O2. The maximum Gasteiger partial charge on any atom is 0.119 e. The molecule has 16 heavy (non-hydrogen) atoms. The highest BCUT2D eigenvalue weighted by molar-refractivity contribution is 5.41. The van der Waals surface area contributed by atoms with E-state index in [9.17, 15) is 0 Å². The minimum absolute atomic E-state index is 0.235. The summed E-state index contributed by atoms with van der Waals surface area (Å²) >= 11 is 0. The summed E-state index contributed by atoms with van der Waals surface area (Å²) in [6, 6.07) is 7.13. The molecule has 0 aliphatic carbocycles. The normalized spacial score (nSPS) is 16.5. The highest BCUT2D eigenvalue weighted by Crippen LogP contribution is 2.21. The van der Waals surface area contributed by atoms with E-state index < -0.39 is 0 Å². The van der Waals surface area contributed by atoms with Crippen LogP contribution in [0, 0.1) is 0 Å². The Kier molecular flexibility index (Phi) is 3.64. The zero-order valence-electron chi connectivity index (χ0n) is 8.87. The van der Waals surface area contributed by atoms with E-state index in [-0.39, 0.29) is 6.10 Å². The van der Waals surface area contributed by atoms with Crippen molar-refractivity contribution in [2.24, 2.45) is 5.11 Å². The summed E-state index contributed by atoms with van der Waals surface area (Å²) in [4.78, 5) is 2.72. The summed E-state index contributed by atoms with van der Waals surface area (Å²) in [6.07, 6.45) is 2.09. The molecule has 5 nitrogen and oxygen atoms in total. The topological polar surface area (TPSA) is 67.2 Å². The Balaban J connectivity index is 1.96. The van der Waals surface area contributed by atoms with Gasteiger partial charge in [-0.05, 0) is 29.8 Å². The predicted molar refractivity (Wildman–Crippen MR) is 59.7 cm³/mol. The fraction of sp³-hybridized carbons (Fsp3) is 0.455. The molecule has 0 spiro atoms. The molecule has 0 unspecified atom stereocenters. The molecule has 0 bridgehead atoms. The third-order valence-electron chi connectivity index (χ3n) is 2.47. The van der Waals surface area contributed by atoms with E-state index in [1.54, 1.807) is 12.1 Å². The molecule has 1 aliphatic heterocycles. The largest absolute Gasteiger partial charge is 0.490 e. The second-order valence-electron chi connectivity index (χ2n) is 3.61. The molecule has 1 saturated heterocycles. The quantitative estimate of drug-likeness (QED) is 0.445. The predicted octanol–water partition coefficient (Wildman–Crippen LogP) is 3.19. The van der Waals surface area contributed by atoms with Crippen molar-refractivity contribution >= 4 is 5.69 Å². The van der Waals surface area contributed by atoms with Crippen molar-refractivity contribution < 1.29 is 9.47 Å². The summed E-state index contributed by atoms with van der Waals surface area (Å²) in [7, 11) is 0. The lowest BCUT2D eigenvalue weighted by molar-refractivity contribution is 0.0256. The van der Waals surface area contributed by atoms with Crippen LogP contribution in [-0.2, 0) is 4.74 Å². The van der Waals surface area contributed by atoms with E-state index in [2.05, 4.69) is 10.0 Å². The van der Waals surface area contributed by atoms with E-state index in [4.69, 9.17) is 15.0 Å². The lowest BCUT2D eigenvalue weighted by atomic mass is 10.1. The van der Waals surface area contributed by atoms with Crippen LogP contribution in [0.25, 0.3) is 10.4 Å². The number of rotatable bonds is 3. The summed E-state index contributed by atoms with van der Waals surface area (Å²) in [5.41, 5.74) is 8.86. The van der Waals surface area contributed by atoms with E-state index in [0.29, 0.717) is 5.69 Å². The molecule has 1 aromatic rings. The molecule has 1 fully saturated rings. The molecule has 2 rings (SSSR count). The first-order valence-corrected chi connectivity index (χ1v) is 5.28. The Bertz CT molecular complexity index is 379. The van der Waals surface area contributed by atoms with Crippen LogP contribution in [0.3, 0.4) is 0 Å². The van der Waals surface area contributed by atoms with Gasteiger partial charge in [0.25, 0.3) is 0 Å². The molecule has 1 aliphatic rings. The van der Waals surface area contributed by atoms with Crippen LogP contribution in [0.5, 0.6) is 5.75 Å². The molecule has 0 N–H and O–H groups in total. The summed E-state index contributed by atoms with van der Waals surface area (Å²) < 4.78 is 11.0. The van der Waals surface area contributed by atoms with Crippen LogP contribution in [-0.4, -0.2) is 19.3 Å². The summed E-state index contributed by atoms with van der Waals surface area (Å²) in [5.74, 6) is 0.809. The van der Waals surface area contributed by atoms with E-state index >= 15 is 0 Å². The standard InChI is InChI=1S/C11H13N3O2/c12-14-13-9-1-3-10(4-2-9)16-11-5-7-15-8-6-11/h1-4,11H,5-8H2. The Morgan fingerprint density at radius 2 is 1.94 bits per heavy atom. The van der Waals surface area contributed by atoms with Crippen molar-refractivity contribution in [3.05, 3.63) is 34.7 Å². The Hall–Kier alpha value is -1.71. The van der Waals surface area contributed by atoms with Crippen LogP contribution >= 0.6 is 0 Å². The van der Waals surface area contributed by atoms with Gasteiger partial charge in [-0.15, -0.1) is 0 Å². The molecule has 84 valence electrons. The van der Waals surface area contributed by atoms with Gasteiger partial charge in [0, 0.05) is 23.4 Å². The average molecular weight is 219 g/mol. The first-order valence-electron chi connectivity index (χ1n) is 5.28. The van der Waals surface area contributed by atoms with E-state index in [1.165, 1.54) is 0 Å². The van der Waals surface area contributed by atoms with Crippen LogP contribution in [0.4, 0.5) is 5.69 Å². The zero-order valence-corrected chi connectivity index (χ0v) is 8.87. The first-order chi connectivity index (χ1) is 7.88. The molecule has 1 heterocycles. The van der Waals surface area contributed by atoms with Crippen molar-refractivity contribution in [2.45, 2.75) is 18.9 Å². The van der Waals surface area contributed by atoms with Crippen molar-refractivity contribution in [1.82, 2.24) is 0 Å². The first kappa shape index (κ1) is 10.8. The van der Waals surface area contributed by atoms with E-state index in [0.717, 1.165) is 31.8 Å². The van der Waals surface area contributed by atoms with Gasteiger partial charge in [0.1, 0.15) is 11.9 Å². The van der Waals surface area contributed by atoms with Crippen molar-refractivity contribution in [1.29, 1.82) is 0 Å². The third-order valence-corrected chi connectivity index (χ3v) is 2.47. The summed E-state index contributed by atoms with van der Waals surface area (Å²) in [5, 5.41) is 3.50. The van der Waals surface area contributed by atoms with Gasteiger partial charge in [-0.3, -0.25) is 0 Å². The number of hydrogen-bond donors (Lipinski definition) is 0. The average Bonchev–Trinajstić information content (AvgIpc) is 2.33. The SMILES string of the molecule is [N-]=[N+]=Nc1ccc(OC2CCOCC2)cc1. The molecule has 0 atom stereocenters. The van der Waals surface area contributed by atoms with Gasteiger partial charge in [-0.25, -0.2) is 0 Å². The minimum atomic E-state index is 0.235. The maximum absolute atomic E-state index is 8.26. The summed E-state index contributed by atoms with van der Waals surface area (Å²) in [6.45, 7) is 1.53. The third kappa shape index (κ3) is 2.89. The highest BCUT2D eigenvalue weighted by atomic mass is 16.5. The van der Waals surface area contributed by atoms with Crippen LogP contribution in [0.1, 0.15) is 12.8 Å². The second-order valence-corrected chi connectivity index (χ2v) is 3.61. The number of hydrogen-bond acceptors (Lipinski definition) is 3. The van der Waals surface area contributed by atoms with Crippen molar-refractivity contribution in [3.63, 3.8) is 0 Å². The Morgan fingerprint density at radius 3 is 2.56 bits per heavy atom. The molecule has 0 radical (unpaired) electrons. The molecule has 1 aromatic carbocycles. The van der Waals surface area contributed by atoms with Gasteiger partial charge in [-0.2, -0.15) is 0 Å².